The fourth-order valence-electron chi connectivity index (χ4n) is 2.40. The van der Waals surface area contributed by atoms with Gasteiger partial charge in [0.25, 0.3) is 0 Å². The van der Waals surface area contributed by atoms with Gasteiger partial charge < -0.3 is 5.73 Å². The molecular weight excluding hydrogens is 237 g/mol. The molecule has 0 saturated carbocycles. The molecule has 0 heterocycles. The van der Waals surface area contributed by atoms with E-state index in [0.717, 1.165) is 19.3 Å². The number of hydrogen-bond acceptors (Lipinski definition) is 1. The molecule has 1 atom stereocenters. The van der Waals surface area contributed by atoms with E-state index in [9.17, 15) is 4.39 Å². The van der Waals surface area contributed by atoms with Gasteiger partial charge in [0.05, 0.1) is 0 Å². The molecule has 19 heavy (non-hydrogen) atoms. The van der Waals surface area contributed by atoms with Crippen molar-refractivity contribution in [3.63, 3.8) is 0 Å². The highest BCUT2D eigenvalue weighted by Crippen LogP contribution is 2.24. The Morgan fingerprint density at radius 1 is 0.895 bits per heavy atom. The van der Waals surface area contributed by atoms with Gasteiger partial charge in [0.1, 0.15) is 5.82 Å². The molecule has 0 aliphatic rings. The van der Waals surface area contributed by atoms with Crippen molar-refractivity contribution in [2.24, 2.45) is 5.73 Å². The summed E-state index contributed by atoms with van der Waals surface area (Å²) in [6, 6.07) is 17.2. The van der Waals surface area contributed by atoms with Gasteiger partial charge in [-0.05, 0) is 55.0 Å². The summed E-state index contributed by atoms with van der Waals surface area (Å²) in [7, 11) is 0. The average Bonchev–Trinajstić information content (AvgIpc) is 2.46. The normalized spacial score (nSPS) is 12.3. The fraction of sp³-hybridized carbons (Fsp3) is 0.294. The van der Waals surface area contributed by atoms with Crippen LogP contribution in [-0.2, 0) is 6.42 Å². The van der Waals surface area contributed by atoms with Crippen LogP contribution < -0.4 is 5.73 Å². The van der Waals surface area contributed by atoms with E-state index in [-0.39, 0.29) is 5.82 Å². The molecule has 0 aliphatic heterocycles. The second-order valence-electron chi connectivity index (χ2n) is 4.85. The monoisotopic (exact) mass is 257 g/mol. The smallest absolute Gasteiger partial charge is 0.123 e. The van der Waals surface area contributed by atoms with Crippen LogP contribution in [0.3, 0.4) is 0 Å². The van der Waals surface area contributed by atoms with Crippen molar-refractivity contribution in [2.75, 3.05) is 6.54 Å². The molecule has 2 aromatic rings. The first-order valence-corrected chi connectivity index (χ1v) is 6.79. The number of halogens is 1. The maximum Gasteiger partial charge on any atom is 0.123 e. The maximum absolute atomic E-state index is 12.9. The highest BCUT2D eigenvalue weighted by molar-refractivity contribution is 5.21. The lowest BCUT2D eigenvalue weighted by atomic mass is 9.90. The summed E-state index contributed by atoms with van der Waals surface area (Å²) in [5.41, 5.74) is 8.23. The van der Waals surface area contributed by atoms with E-state index in [1.54, 1.807) is 0 Å². The van der Waals surface area contributed by atoms with E-state index in [2.05, 4.69) is 24.3 Å². The van der Waals surface area contributed by atoms with Crippen LogP contribution in [0.15, 0.2) is 54.6 Å². The van der Waals surface area contributed by atoms with Gasteiger partial charge in [-0.3, -0.25) is 0 Å². The fourth-order valence-corrected chi connectivity index (χ4v) is 2.40. The van der Waals surface area contributed by atoms with Crippen LogP contribution in [0, 0.1) is 5.82 Å². The van der Waals surface area contributed by atoms with Crippen molar-refractivity contribution >= 4 is 0 Å². The summed E-state index contributed by atoms with van der Waals surface area (Å²) in [6.45, 7) is 0.697. The molecule has 1 nitrogen and oxygen atoms in total. The highest BCUT2D eigenvalue weighted by Gasteiger charge is 2.10. The van der Waals surface area contributed by atoms with Crippen molar-refractivity contribution in [1.29, 1.82) is 0 Å². The molecule has 2 aromatic carbocycles. The molecular formula is C17H20FN. The zero-order chi connectivity index (χ0) is 13.5. The third kappa shape index (κ3) is 4.18. The average molecular weight is 257 g/mol. The summed E-state index contributed by atoms with van der Waals surface area (Å²) in [5.74, 6) is 0.307. The lowest BCUT2D eigenvalue weighted by molar-refractivity contribution is 0.583. The summed E-state index contributed by atoms with van der Waals surface area (Å²) >= 11 is 0. The number of benzene rings is 2. The summed E-state index contributed by atoms with van der Waals surface area (Å²) in [5, 5.41) is 0. The SMILES string of the molecule is NCCC(CCc1ccc(F)cc1)c1ccccc1. The lowest BCUT2D eigenvalue weighted by Gasteiger charge is -2.16. The first kappa shape index (κ1) is 13.8. The quantitative estimate of drug-likeness (QED) is 0.834. The molecule has 2 heteroatoms. The van der Waals surface area contributed by atoms with Crippen molar-refractivity contribution in [2.45, 2.75) is 25.2 Å². The van der Waals surface area contributed by atoms with E-state index >= 15 is 0 Å². The Morgan fingerprint density at radius 2 is 1.58 bits per heavy atom. The second kappa shape index (κ2) is 7.05. The van der Waals surface area contributed by atoms with Gasteiger partial charge >= 0.3 is 0 Å². The predicted octanol–water partition coefficient (Wildman–Crippen LogP) is 3.89. The lowest BCUT2D eigenvalue weighted by Crippen LogP contribution is -2.08. The van der Waals surface area contributed by atoms with Crippen LogP contribution in [0.1, 0.15) is 29.9 Å². The Hall–Kier alpha value is -1.67. The van der Waals surface area contributed by atoms with Crippen LogP contribution in [0.4, 0.5) is 4.39 Å². The minimum Gasteiger partial charge on any atom is -0.330 e. The first-order chi connectivity index (χ1) is 9.29. The van der Waals surface area contributed by atoms with Gasteiger partial charge in [0.15, 0.2) is 0 Å². The van der Waals surface area contributed by atoms with E-state index < -0.39 is 0 Å². The number of rotatable bonds is 6. The van der Waals surface area contributed by atoms with Gasteiger partial charge in [0.2, 0.25) is 0 Å². The molecule has 0 aliphatic carbocycles. The van der Waals surface area contributed by atoms with E-state index in [1.165, 1.54) is 23.3 Å². The topological polar surface area (TPSA) is 26.0 Å². The molecule has 2 rings (SSSR count). The van der Waals surface area contributed by atoms with Crippen LogP contribution >= 0.6 is 0 Å². The Balaban J connectivity index is 1.99. The molecule has 100 valence electrons. The minimum absolute atomic E-state index is 0.176. The molecule has 0 spiro atoms. The maximum atomic E-state index is 12.9. The molecule has 0 saturated heterocycles. The van der Waals surface area contributed by atoms with Crippen molar-refractivity contribution in [1.82, 2.24) is 0 Å². The molecule has 1 unspecified atom stereocenters. The standard InChI is InChI=1S/C17H20FN/c18-17-10-7-14(8-11-17)6-9-16(12-13-19)15-4-2-1-3-5-15/h1-5,7-8,10-11,16H,6,9,12-13,19H2. The number of aryl methyl sites for hydroxylation is 1. The number of nitrogens with two attached hydrogens (primary N) is 1. The Morgan fingerprint density at radius 3 is 2.21 bits per heavy atom. The third-order valence-corrected chi connectivity index (χ3v) is 3.48. The van der Waals surface area contributed by atoms with Crippen LogP contribution in [0.5, 0.6) is 0 Å². The molecule has 2 N–H and O–H groups in total. The summed E-state index contributed by atoms with van der Waals surface area (Å²) < 4.78 is 12.9. The molecule has 0 bridgehead atoms. The molecule has 0 aromatic heterocycles. The summed E-state index contributed by atoms with van der Waals surface area (Å²) in [4.78, 5) is 0. The van der Waals surface area contributed by atoms with Crippen LogP contribution in [0.25, 0.3) is 0 Å². The van der Waals surface area contributed by atoms with E-state index in [1.807, 2.05) is 18.2 Å². The Kier molecular flexibility index (Phi) is 5.10. The predicted molar refractivity (Wildman–Crippen MR) is 77.6 cm³/mol. The Labute approximate surface area is 114 Å². The highest BCUT2D eigenvalue weighted by atomic mass is 19.1. The Bertz CT molecular complexity index is 478. The van der Waals surface area contributed by atoms with Crippen molar-refractivity contribution in [3.05, 3.63) is 71.5 Å². The van der Waals surface area contributed by atoms with Crippen LogP contribution in [-0.4, -0.2) is 6.54 Å². The van der Waals surface area contributed by atoms with E-state index in [0.29, 0.717) is 12.5 Å². The van der Waals surface area contributed by atoms with Gasteiger partial charge in [0, 0.05) is 0 Å². The molecule has 0 amide bonds. The van der Waals surface area contributed by atoms with Gasteiger partial charge in [-0.1, -0.05) is 42.5 Å². The van der Waals surface area contributed by atoms with Crippen LogP contribution in [0.2, 0.25) is 0 Å². The third-order valence-electron chi connectivity index (χ3n) is 3.48. The zero-order valence-corrected chi connectivity index (χ0v) is 11.1. The second-order valence-corrected chi connectivity index (χ2v) is 4.85. The molecule has 0 fully saturated rings. The molecule has 0 radical (unpaired) electrons. The van der Waals surface area contributed by atoms with E-state index in [4.69, 9.17) is 5.73 Å². The van der Waals surface area contributed by atoms with Crippen molar-refractivity contribution < 1.29 is 4.39 Å². The summed E-state index contributed by atoms with van der Waals surface area (Å²) in [6.07, 6.45) is 3.00. The largest absolute Gasteiger partial charge is 0.330 e. The van der Waals surface area contributed by atoms with Gasteiger partial charge in [-0.2, -0.15) is 0 Å². The number of hydrogen-bond donors (Lipinski definition) is 1. The minimum atomic E-state index is -0.176. The van der Waals surface area contributed by atoms with Gasteiger partial charge in [-0.25, -0.2) is 4.39 Å². The first-order valence-electron chi connectivity index (χ1n) is 6.79. The van der Waals surface area contributed by atoms with Gasteiger partial charge in [-0.15, -0.1) is 0 Å². The van der Waals surface area contributed by atoms with Crippen molar-refractivity contribution in [3.8, 4) is 0 Å². The zero-order valence-electron chi connectivity index (χ0n) is 11.1.